The lowest BCUT2D eigenvalue weighted by Crippen LogP contribution is -2.01. The molecule has 2 aromatic rings. The third kappa shape index (κ3) is 2.46. The van der Waals surface area contributed by atoms with Crippen LogP contribution in [0, 0.1) is 5.82 Å². The van der Waals surface area contributed by atoms with Crippen LogP contribution in [0.4, 0.5) is 4.39 Å². The van der Waals surface area contributed by atoms with Crippen molar-refractivity contribution in [1.29, 1.82) is 0 Å². The van der Waals surface area contributed by atoms with E-state index in [0.717, 1.165) is 11.1 Å². The molecule has 1 heterocycles. The molecule has 0 aliphatic rings. The summed E-state index contributed by atoms with van der Waals surface area (Å²) in [5.41, 5.74) is 1.52. The maximum Gasteiger partial charge on any atom is 0.123 e. The molecule has 1 aromatic carbocycles. The molecule has 1 atom stereocenters. The minimum absolute atomic E-state index is 0.282. The van der Waals surface area contributed by atoms with Crippen LogP contribution in [0.2, 0.25) is 0 Å². The maximum absolute atomic E-state index is 12.9. The molecule has 84 valence electrons. The lowest BCUT2D eigenvalue weighted by atomic mass is 10.0. The van der Waals surface area contributed by atoms with Crippen molar-refractivity contribution in [1.82, 2.24) is 9.78 Å². The van der Waals surface area contributed by atoms with Crippen LogP contribution < -0.4 is 0 Å². The number of aryl methyl sites for hydroxylation is 1. The topological polar surface area (TPSA) is 38.0 Å². The molecule has 0 saturated heterocycles. The Morgan fingerprint density at radius 3 is 2.94 bits per heavy atom. The zero-order chi connectivity index (χ0) is 11.5. The smallest absolute Gasteiger partial charge is 0.123 e. The Hall–Kier alpha value is -1.68. The van der Waals surface area contributed by atoms with E-state index in [-0.39, 0.29) is 5.82 Å². The van der Waals surface area contributed by atoms with E-state index in [4.69, 9.17) is 0 Å². The summed E-state index contributed by atoms with van der Waals surface area (Å²) < 4.78 is 14.6. The first-order valence-corrected chi connectivity index (χ1v) is 5.06. The average molecular weight is 220 g/mol. The quantitative estimate of drug-likeness (QED) is 0.857. The molecule has 1 aromatic heterocycles. The van der Waals surface area contributed by atoms with Crippen LogP contribution in [-0.4, -0.2) is 14.9 Å². The predicted molar refractivity (Wildman–Crippen MR) is 58.3 cm³/mol. The van der Waals surface area contributed by atoms with E-state index < -0.39 is 6.10 Å². The SMILES string of the molecule is Cn1cc(C(O)Cc2cccc(F)c2)cn1. The number of aliphatic hydroxyl groups excluding tert-OH is 1. The molecule has 3 nitrogen and oxygen atoms in total. The van der Waals surface area contributed by atoms with Crippen LogP contribution in [0.1, 0.15) is 17.2 Å². The van der Waals surface area contributed by atoms with Crippen LogP contribution in [0.3, 0.4) is 0 Å². The van der Waals surface area contributed by atoms with Crippen LogP contribution in [0.15, 0.2) is 36.7 Å². The molecular formula is C12H13FN2O. The number of benzene rings is 1. The van der Waals surface area contributed by atoms with Gasteiger partial charge in [0.05, 0.1) is 12.3 Å². The van der Waals surface area contributed by atoms with Gasteiger partial charge in [-0.25, -0.2) is 4.39 Å². The van der Waals surface area contributed by atoms with E-state index in [2.05, 4.69) is 5.10 Å². The van der Waals surface area contributed by atoms with Crippen molar-refractivity contribution in [2.24, 2.45) is 7.05 Å². The molecule has 0 aliphatic heterocycles. The molecule has 1 N–H and O–H groups in total. The molecule has 0 amide bonds. The highest BCUT2D eigenvalue weighted by Crippen LogP contribution is 2.17. The van der Waals surface area contributed by atoms with Crippen molar-refractivity contribution in [3.63, 3.8) is 0 Å². The Kier molecular flexibility index (Phi) is 3.01. The summed E-state index contributed by atoms with van der Waals surface area (Å²) in [7, 11) is 1.79. The molecule has 0 aliphatic carbocycles. The summed E-state index contributed by atoms with van der Waals surface area (Å²) in [5.74, 6) is -0.282. The van der Waals surface area contributed by atoms with E-state index in [1.807, 2.05) is 0 Å². The number of nitrogens with zero attached hydrogens (tertiary/aromatic N) is 2. The Labute approximate surface area is 93.2 Å². The first kappa shape index (κ1) is 10.8. The van der Waals surface area contributed by atoms with Gasteiger partial charge in [0.25, 0.3) is 0 Å². The largest absolute Gasteiger partial charge is 0.388 e. The summed E-state index contributed by atoms with van der Waals surface area (Å²) in [6, 6.07) is 6.25. The molecular weight excluding hydrogens is 207 g/mol. The predicted octanol–water partition coefficient (Wildman–Crippen LogP) is 1.84. The van der Waals surface area contributed by atoms with Crippen LogP contribution in [0.5, 0.6) is 0 Å². The Morgan fingerprint density at radius 1 is 1.50 bits per heavy atom. The van der Waals surface area contributed by atoms with Gasteiger partial charge < -0.3 is 5.11 Å². The van der Waals surface area contributed by atoms with Gasteiger partial charge in [-0.05, 0) is 17.7 Å². The summed E-state index contributed by atoms with van der Waals surface area (Å²) in [6.45, 7) is 0. The van der Waals surface area contributed by atoms with Gasteiger partial charge >= 0.3 is 0 Å². The summed E-state index contributed by atoms with van der Waals surface area (Å²) in [6.07, 6.45) is 3.12. The van der Waals surface area contributed by atoms with Gasteiger partial charge in [-0.2, -0.15) is 5.10 Å². The minimum Gasteiger partial charge on any atom is -0.388 e. The summed E-state index contributed by atoms with van der Waals surface area (Å²) in [5, 5.41) is 13.9. The van der Waals surface area contributed by atoms with Gasteiger partial charge in [0.1, 0.15) is 5.82 Å². The van der Waals surface area contributed by atoms with Crippen molar-refractivity contribution in [2.75, 3.05) is 0 Å². The Morgan fingerprint density at radius 2 is 2.31 bits per heavy atom. The highest BCUT2D eigenvalue weighted by Gasteiger charge is 2.10. The van der Waals surface area contributed by atoms with E-state index in [1.165, 1.54) is 12.1 Å². The Balaban J connectivity index is 2.10. The van der Waals surface area contributed by atoms with Crippen molar-refractivity contribution in [3.8, 4) is 0 Å². The molecule has 1 unspecified atom stereocenters. The molecule has 0 spiro atoms. The monoisotopic (exact) mass is 220 g/mol. The highest BCUT2D eigenvalue weighted by atomic mass is 19.1. The molecule has 0 bridgehead atoms. The number of hydrogen-bond donors (Lipinski definition) is 1. The fourth-order valence-electron chi connectivity index (χ4n) is 1.62. The van der Waals surface area contributed by atoms with Gasteiger partial charge in [-0.1, -0.05) is 12.1 Å². The van der Waals surface area contributed by atoms with E-state index >= 15 is 0 Å². The average Bonchev–Trinajstić information content (AvgIpc) is 2.65. The first-order chi connectivity index (χ1) is 7.65. The van der Waals surface area contributed by atoms with Gasteiger partial charge in [0.15, 0.2) is 0 Å². The van der Waals surface area contributed by atoms with Crippen molar-refractivity contribution in [3.05, 3.63) is 53.6 Å². The molecule has 0 fully saturated rings. The first-order valence-electron chi connectivity index (χ1n) is 5.06. The van der Waals surface area contributed by atoms with Crippen molar-refractivity contribution >= 4 is 0 Å². The summed E-state index contributed by atoms with van der Waals surface area (Å²) >= 11 is 0. The van der Waals surface area contributed by atoms with Gasteiger partial charge in [0, 0.05) is 25.2 Å². The molecule has 2 rings (SSSR count). The summed E-state index contributed by atoms with van der Waals surface area (Å²) in [4.78, 5) is 0. The third-order valence-corrected chi connectivity index (χ3v) is 2.43. The normalized spacial score (nSPS) is 12.7. The fourth-order valence-corrected chi connectivity index (χ4v) is 1.62. The highest BCUT2D eigenvalue weighted by molar-refractivity contribution is 5.20. The molecule has 16 heavy (non-hydrogen) atoms. The zero-order valence-corrected chi connectivity index (χ0v) is 8.97. The van der Waals surface area contributed by atoms with Crippen molar-refractivity contribution < 1.29 is 9.50 Å². The fraction of sp³-hybridized carbons (Fsp3) is 0.250. The van der Waals surface area contributed by atoms with E-state index in [9.17, 15) is 9.50 Å². The van der Waals surface area contributed by atoms with Crippen LogP contribution in [-0.2, 0) is 13.5 Å². The van der Waals surface area contributed by atoms with Gasteiger partial charge in [0.2, 0.25) is 0 Å². The minimum atomic E-state index is -0.643. The lowest BCUT2D eigenvalue weighted by Gasteiger charge is -2.08. The second-order valence-electron chi connectivity index (χ2n) is 3.80. The Bertz CT molecular complexity index is 481. The molecule has 0 saturated carbocycles. The number of hydrogen-bond acceptors (Lipinski definition) is 2. The maximum atomic E-state index is 12.9. The van der Waals surface area contributed by atoms with E-state index in [1.54, 1.807) is 36.3 Å². The van der Waals surface area contributed by atoms with Crippen LogP contribution >= 0.6 is 0 Å². The van der Waals surface area contributed by atoms with Gasteiger partial charge in [-0.15, -0.1) is 0 Å². The number of halogens is 1. The number of aromatic nitrogens is 2. The zero-order valence-electron chi connectivity index (χ0n) is 8.97. The second-order valence-corrected chi connectivity index (χ2v) is 3.80. The molecule has 0 radical (unpaired) electrons. The standard InChI is InChI=1S/C12H13FN2O/c1-15-8-10(7-14-15)12(16)6-9-3-2-4-11(13)5-9/h2-5,7-8,12,16H,6H2,1H3. The third-order valence-electron chi connectivity index (χ3n) is 2.43. The molecule has 4 heteroatoms. The lowest BCUT2D eigenvalue weighted by molar-refractivity contribution is 0.178. The van der Waals surface area contributed by atoms with Gasteiger partial charge in [-0.3, -0.25) is 4.68 Å². The van der Waals surface area contributed by atoms with Crippen molar-refractivity contribution in [2.45, 2.75) is 12.5 Å². The number of aliphatic hydroxyl groups is 1. The number of rotatable bonds is 3. The second kappa shape index (κ2) is 4.45. The van der Waals surface area contributed by atoms with Crippen LogP contribution in [0.25, 0.3) is 0 Å². The van der Waals surface area contributed by atoms with E-state index in [0.29, 0.717) is 6.42 Å².